The number of hydrogen-bond donors (Lipinski definition) is 2. The third-order valence-electron chi connectivity index (χ3n) is 4.69. The van der Waals surface area contributed by atoms with Crippen LogP contribution in [0, 0.1) is 6.92 Å². The van der Waals surface area contributed by atoms with Crippen molar-refractivity contribution in [3.8, 4) is 5.75 Å². The largest absolute Gasteiger partial charge is 0.490 e. The molecule has 0 bridgehead atoms. The number of aliphatic hydroxyl groups excluding tert-OH is 1. The maximum absolute atomic E-state index is 12.2. The maximum Gasteiger partial charge on any atom is 0.355 e. The van der Waals surface area contributed by atoms with Crippen LogP contribution in [0.1, 0.15) is 28.9 Å². The van der Waals surface area contributed by atoms with Gasteiger partial charge in [0.25, 0.3) is 0 Å². The molecule has 1 aromatic carbocycles. The van der Waals surface area contributed by atoms with Crippen molar-refractivity contribution < 1.29 is 24.5 Å². The molecule has 1 amide bonds. The molecule has 0 radical (unpaired) electrons. The average Bonchev–Trinajstić information content (AvgIpc) is 3.33. The summed E-state index contributed by atoms with van der Waals surface area (Å²) in [4.78, 5) is 29.0. The molecule has 1 aliphatic heterocycles. The molecule has 2 N–H and O–H groups in total. The van der Waals surface area contributed by atoms with Crippen LogP contribution in [0.15, 0.2) is 46.1 Å². The minimum absolute atomic E-state index is 0.0439. The number of aromatic nitrogens is 1. The van der Waals surface area contributed by atoms with E-state index >= 15 is 0 Å². The molecule has 1 aliphatic rings. The Hall–Kier alpha value is -2.36. The van der Waals surface area contributed by atoms with E-state index < -0.39 is 12.1 Å². The molecule has 2 aromatic rings. The molecule has 2 atom stereocenters. The number of aliphatic hydroxyl groups is 1. The highest BCUT2D eigenvalue weighted by molar-refractivity contribution is 8.01. The molecule has 3 rings (SSSR count). The third kappa shape index (κ3) is 6.07. The van der Waals surface area contributed by atoms with E-state index in [0.717, 1.165) is 11.3 Å². The molecule has 0 spiro atoms. The van der Waals surface area contributed by atoms with E-state index in [1.54, 1.807) is 11.0 Å². The Bertz CT molecular complexity index is 914. The highest BCUT2D eigenvalue weighted by Gasteiger charge is 2.28. The Morgan fingerprint density at radius 3 is 3.00 bits per heavy atom. The molecule has 2 heterocycles. The average molecular weight is 449 g/mol. The number of carboxylic acid groups (broad SMARTS) is 1. The van der Waals surface area contributed by atoms with Gasteiger partial charge in [0.05, 0.1) is 6.04 Å². The number of hydrogen-bond acceptors (Lipinski definition) is 7. The Labute approximate surface area is 183 Å². The number of nitrogens with zero attached hydrogens (tertiary/aromatic N) is 2. The second-order valence-electron chi connectivity index (χ2n) is 6.87. The van der Waals surface area contributed by atoms with Crippen LogP contribution in [-0.4, -0.2) is 63.0 Å². The van der Waals surface area contributed by atoms with Crippen molar-refractivity contribution in [2.75, 3.05) is 18.9 Å². The lowest BCUT2D eigenvalue weighted by Crippen LogP contribution is -2.34. The Kier molecular flexibility index (Phi) is 7.89. The summed E-state index contributed by atoms with van der Waals surface area (Å²) in [5, 5.41) is 20.7. The molecule has 160 valence electrons. The van der Waals surface area contributed by atoms with Gasteiger partial charge < -0.3 is 19.8 Å². The normalized spacial score (nSPS) is 17.6. The molecule has 7 nitrogen and oxygen atoms in total. The smallest absolute Gasteiger partial charge is 0.355 e. The fourth-order valence-electron chi connectivity index (χ4n) is 3.11. The van der Waals surface area contributed by atoms with Gasteiger partial charge in [0.2, 0.25) is 5.91 Å². The van der Waals surface area contributed by atoms with E-state index in [1.807, 2.05) is 37.3 Å². The lowest BCUT2D eigenvalue weighted by atomic mass is 10.2. The van der Waals surface area contributed by atoms with Crippen LogP contribution in [0.25, 0.3) is 0 Å². The minimum atomic E-state index is -1.04. The van der Waals surface area contributed by atoms with Crippen LogP contribution >= 0.6 is 23.1 Å². The summed E-state index contributed by atoms with van der Waals surface area (Å²) in [6.45, 7) is 2.63. The molecule has 1 unspecified atom stereocenters. The lowest BCUT2D eigenvalue weighted by molar-refractivity contribution is -0.128. The summed E-state index contributed by atoms with van der Waals surface area (Å²) < 4.78 is 6.34. The first-order valence-corrected chi connectivity index (χ1v) is 11.5. The number of para-hydroxylation sites is 1. The topological polar surface area (TPSA) is 100.0 Å². The summed E-state index contributed by atoms with van der Waals surface area (Å²) >= 11 is 2.73. The van der Waals surface area contributed by atoms with Gasteiger partial charge in [-0.25, -0.2) is 9.78 Å². The van der Waals surface area contributed by atoms with Crippen molar-refractivity contribution in [2.24, 2.45) is 0 Å². The zero-order valence-electron chi connectivity index (χ0n) is 16.6. The summed E-state index contributed by atoms with van der Waals surface area (Å²) in [6, 6.07) is 7.58. The van der Waals surface area contributed by atoms with Crippen LogP contribution in [0.4, 0.5) is 0 Å². The van der Waals surface area contributed by atoms with E-state index in [1.165, 1.54) is 28.5 Å². The molecule has 1 saturated heterocycles. The van der Waals surface area contributed by atoms with Gasteiger partial charge in [-0.15, -0.1) is 11.3 Å². The number of ether oxygens (including phenoxy) is 1. The van der Waals surface area contributed by atoms with Crippen molar-refractivity contribution in [2.45, 2.75) is 36.3 Å². The number of carboxylic acids is 1. The van der Waals surface area contributed by atoms with E-state index in [2.05, 4.69) is 4.98 Å². The second-order valence-corrected chi connectivity index (χ2v) is 9.07. The monoisotopic (exact) mass is 448 g/mol. The third-order valence-corrected chi connectivity index (χ3v) is 6.69. The van der Waals surface area contributed by atoms with Gasteiger partial charge in [-0.05, 0) is 25.0 Å². The fourth-order valence-corrected chi connectivity index (χ4v) is 4.91. The first-order chi connectivity index (χ1) is 14.4. The van der Waals surface area contributed by atoms with Crippen LogP contribution in [-0.2, 0) is 4.79 Å². The Morgan fingerprint density at radius 1 is 1.47 bits per heavy atom. The first-order valence-electron chi connectivity index (χ1n) is 9.60. The number of aromatic carboxylic acids is 1. The van der Waals surface area contributed by atoms with Gasteiger partial charge >= 0.3 is 5.97 Å². The summed E-state index contributed by atoms with van der Waals surface area (Å²) in [6.07, 6.45) is 3.98. The van der Waals surface area contributed by atoms with E-state index in [-0.39, 0.29) is 24.2 Å². The summed E-state index contributed by atoms with van der Waals surface area (Å²) in [7, 11) is 0. The van der Waals surface area contributed by atoms with Crippen molar-refractivity contribution >= 4 is 35.0 Å². The van der Waals surface area contributed by atoms with Gasteiger partial charge in [0.15, 0.2) is 10.0 Å². The number of benzene rings is 1. The van der Waals surface area contributed by atoms with Gasteiger partial charge in [-0.3, -0.25) is 4.79 Å². The Morgan fingerprint density at radius 2 is 2.27 bits per heavy atom. The first kappa shape index (κ1) is 22.3. The van der Waals surface area contributed by atoms with Gasteiger partial charge in [0.1, 0.15) is 18.5 Å². The molecular formula is C21H24N2O5S2. The standard InChI is InChI=1S/C21H24N2O5S2/c1-14-4-2-3-5-18(14)28-12-16(24)8-6-15-7-9-19(25)23(15)10-11-29-21-22-17(13-30-21)20(26)27/h2-6,8,13,15-16,24H,7,9-12H2,1H3,(H,26,27)/t15-,16?/m0/s1. The number of aryl methyl sites for hydroxylation is 1. The SMILES string of the molecule is Cc1ccccc1OCC(O)C=C[C@H]1CCC(=O)N1CCSc1nc(C(=O)O)cs1. The molecule has 1 fully saturated rings. The number of thiazole rings is 1. The van der Waals surface area contributed by atoms with Gasteiger partial charge in [-0.2, -0.15) is 0 Å². The minimum Gasteiger partial charge on any atom is -0.490 e. The van der Waals surface area contributed by atoms with E-state index in [4.69, 9.17) is 9.84 Å². The van der Waals surface area contributed by atoms with Gasteiger partial charge in [0, 0.05) is 24.1 Å². The zero-order chi connectivity index (χ0) is 21.5. The lowest BCUT2D eigenvalue weighted by Gasteiger charge is -2.22. The molecule has 0 aliphatic carbocycles. The number of amides is 1. The van der Waals surface area contributed by atoms with Crippen molar-refractivity contribution in [3.63, 3.8) is 0 Å². The van der Waals surface area contributed by atoms with E-state index in [0.29, 0.717) is 29.5 Å². The highest BCUT2D eigenvalue weighted by atomic mass is 32.2. The molecule has 30 heavy (non-hydrogen) atoms. The molecule has 0 saturated carbocycles. The van der Waals surface area contributed by atoms with E-state index in [9.17, 15) is 14.7 Å². The summed E-state index contributed by atoms with van der Waals surface area (Å²) in [5.74, 6) is 0.416. The summed E-state index contributed by atoms with van der Waals surface area (Å²) in [5.41, 5.74) is 1.05. The van der Waals surface area contributed by atoms with Crippen LogP contribution < -0.4 is 4.74 Å². The Balaban J connectivity index is 1.47. The predicted molar refractivity (Wildman–Crippen MR) is 116 cm³/mol. The number of rotatable bonds is 10. The number of carbonyl (C=O) groups is 2. The second kappa shape index (κ2) is 10.6. The fraction of sp³-hybridized carbons (Fsp3) is 0.381. The molecule has 9 heteroatoms. The van der Waals surface area contributed by atoms with Crippen LogP contribution in [0.5, 0.6) is 5.75 Å². The van der Waals surface area contributed by atoms with Crippen LogP contribution in [0.3, 0.4) is 0 Å². The number of likely N-dealkylation sites (tertiary alicyclic amines) is 1. The van der Waals surface area contributed by atoms with Crippen molar-refractivity contribution in [1.29, 1.82) is 0 Å². The zero-order valence-corrected chi connectivity index (χ0v) is 18.2. The maximum atomic E-state index is 12.2. The number of thioether (sulfide) groups is 1. The van der Waals surface area contributed by atoms with Crippen molar-refractivity contribution in [1.82, 2.24) is 9.88 Å². The highest BCUT2D eigenvalue weighted by Crippen LogP contribution is 2.25. The predicted octanol–water partition coefficient (Wildman–Crippen LogP) is 3.23. The molecule has 1 aromatic heterocycles. The molecular weight excluding hydrogens is 424 g/mol. The van der Waals surface area contributed by atoms with Crippen LogP contribution in [0.2, 0.25) is 0 Å². The quantitative estimate of drug-likeness (QED) is 0.425. The van der Waals surface area contributed by atoms with Crippen molar-refractivity contribution in [3.05, 3.63) is 53.1 Å². The van der Waals surface area contributed by atoms with Gasteiger partial charge in [-0.1, -0.05) is 42.1 Å². The number of carbonyl (C=O) groups excluding carboxylic acids is 1.